The molecule has 3 nitrogen and oxygen atoms in total. The number of nitrogens with zero attached hydrogens (tertiary/aromatic N) is 1. The van der Waals surface area contributed by atoms with Crippen LogP contribution in [0.15, 0.2) is 53.5 Å². The van der Waals surface area contributed by atoms with E-state index in [-0.39, 0.29) is 5.75 Å². The van der Waals surface area contributed by atoms with E-state index in [1.54, 1.807) is 12.1 Å². The third-order valence-electron chi connectivity index (χ3n) is 5.91. The Kier molecular flexibility index (Phi) is 7.51. The Balaban J connectivity index is 1.96. The first-order valence-corrected chi connectivity index (χ1v) is 11.4. The third-order valence-corrected chi connectivity index (χ3v) is 5.91. The van der Waals surface area contributed by atoms with Crippen LogP contribution in [-0.2, 0) is 32.1 Å². The lowest BCUT2D eigenvalue weighted by Crippen LogP contribution is -2.02. The molecule has 31 heavy (non-hydrogen) atoms. The summed E-state index contributed by atoms with van der Waals surface area (Å²) < 4.78 is 0. The number of hydrogen-bond donors (Lipinski definition) is 2. The highest BCUT2D eigenvalue weighted by molar-refractivity contribution is 5.83. The fourth-order valence-electron chi connectivity index (χ4n) is 4.11. The maximum absolute atomic E-state index is 9.49. The predicted molar refractivity (Wildman–Crippen MR) is 133 cm³/mol. The zero-order chi connectivity index (χ0) is 22.4. The number of anilines is 1. The summed E-state index contributed by atoms with van der Waals surface area (Å²) in [5.41, 5.74) is 17.0. The van der Waals surface area contributed by atoms with Crippen LogP contribution in [0.4, 0.5) is 11.4 Å². The smallest absolute Gasteiger partial charge is 0.115 e. The summed E-state index contributed by atoms with van der Waals surface area (Å²) >= 11 is 0. The number of rotatable bonds is 8. The molecule has 0 amide bonds. The van der Waals surface area contributed by atoms with Gasteiger partial charge in [0.05, 0.1) is 5.69 Å². The minimum atomic E-state index is 0.269. The molecule has 0 aromatic heterocycles. The first kappa shape index (κ1) is 22.6. The summed E-state index contributed by atoms with van der Waals surface area (Å²) in [7, 11) is 0. The Morgan fingerprint density at radius 1 is 0.742 bits per heavy atom. The van der Waals surface area contributed by atoms with E-state index in [2.05, 4.69) is 52.0 Å². The standard InChI is InChI=1S/C28H34N2O/c1-5-22-14-20(15-23(6-2)27(22)29)13-21-16-24(7-3)28(25(8-4)17-21)30-18-19-9-11-26(31)12-10-19/h9-12,14-18,31H,5-8,13,29H2,1-4H3/b30-18+. The van der Waals surface area contributed by atoms with Gasteiger partial charge in [-0.25, -0.2) is 0 Å². The molecule has 0 unspecified atom stereocenters. The lowest BCUT2D eigenvalue weighted by molar-refractivity contribution is 0.475. The maximum atomic E-state index is 9.49. The van der Waals surface area contributed by atoms with Crippen LogP contribution in [0.5, 0.6) is 5.75 Å². The molecule has 0 fully saturated rings. The quantitative estimate of drug-likeness (QED) is 0.324. The van der Waals surface area contributed by atoms with E-state index in [1.165, 1.54) is 33.4 Å². The summed E-state index contributed by atoms with van der Waals surface area (Å²) in [5, 5.41) is 9.49. The SMILES string of the molecule is CCc1cc(Cc2cc(CC)c(/N=C/c3ccc(O)cc3)c(CC)c2)cc(CC)c1N. The molecule has 0 radical (unpaired) electrons. The van der Waals surface area contributed by atoms with Crippen molar-refractivity contribution >= 4 is 17.6 Å². The Morgan fingerprint density at radius 3 is 1.65 bits per heavy atom. The van der Waals surface area contributed by atoms with Gasteiger partial charge in [-0.15, -0.1) is 0 Å². The topological polar surface area (TPSA) is 58.6 Å². The molecular weight excluding hydrogens is 380 g/mol. The number of hydrogen-bond acceptors (Lipinski definition) is 3. The molecule has 0 saturated heterocycles. The van der Waals surface area contributed by atoms with Gasteiger partial charge in [-0.3, -0.25) is 4.99 Å². The van der Waals surface area contributed by atoms with Crippen LogP contribution in [0.3, 0.4) is 0 Å². The molecule has 3 aromatic carbocycles. The molecule has 3 heteroatoms. The van der Waals surface area contributed by atoms with E-state index >= 15 is 0 Å². The average Bonchev–Trinajstić information content (AvgIpc) is 2.79. The van der Waals surface area contributed by atoms with Gasteiger partial charge in [-0.05, 0) is 95.3 Å². The van der Waals surface area contributed by atoms with Gasteiger partial charge < -0.3 is 10.8 Å². The zero-order valence-corrected chi connectivity index (χ0v) is 19.2. The molecular formula is C28H34N2O. The molecule has 0 aliphatic rings. The fourth-order valence-corrected chi connectivity index (χ4v) is 4.11. The second-order valence-corrected chi connectivity index (χ2v) is 8.03. The van der Waals surface area contributed by atoms with Crippen LogP contribution in [0.25, 0.3) is 0 Å². The second kappa shape index (κ2) is 10.3. The van der Waals surface area contributed by atoms with Gasteiger partial charge in [0.1, 0.15) is 5.75 Å². The van der Waals surface area contributed by atoms with Gasteiger partial charge in [0.2, 0.25) is 0 Å². The van der Waals surface area contributed by atoms with Crippen molar-refractivity contribution in [1.29, 1.82) is 0 Å². The van der Waals surface area contributed by atoms with Crippen LogP contribution in [0.1, 0.15) is 66.6 Å². The van der Waals surface area contributed by atoms with Gasteiger partial charge >= 0.3 is 0 Å². The van der Waals surface area contributed by atoms with Gasteiger partial charge in [0, 0.05) is 11.9 Å². The van der Waals surface area contributed by atoms with Gasteiger partial charge in [-0.1, -0.05) is 52.0 Å². The van der Waals surface area contributed by atoms with Crippen molar-refractivity contribution in [3.63, 3.8) is 0 Å². The molecule has 162 valence electrons. The van der Waals surface area contributed by atoms with Crippen molar-refractivity contribution in [1.82, 2.24) is 0 Å². The second-order valence-electron chi connectivity index (χ2n) is 8.03. The molecule has 0 aliphatic carbocycles. The highest BCUT2D eigenvalue weighted by Crippen LogP contribution is 2.30. The number of phenols is 1. The van der Waals surface area contributed by atoms with E-state index in [9.17, 15) is 5.11 Å². The Hall–Kier alpha value is -3.07. The molecule has 0 atom stereocenters. The molecule has 0 spiro atoms. The maximum Gasteiger partial charge on any atom is 0.115 e. The van der Waals surface area contributed by atoms with Crippen LogP contribution < -0.4 is 5.73 Å². The number of nitrogens with two attached hydrogens (primary N) is 1. The zero-order valence-electron chi connectivity index (χ0n) is 19.2. The first-order valence-electron chi connectivity index (χ1n) is 11.4. The Morgan fingerprint density at radius 2 is 1.19 bits per heavy atom. The van der Waals surface area contributed by atoms with Crippen molar-refractivity contribution in [3.05, 3.63) is 87.5 Å². The highest BCUT2D eigenvalue weighted by Gasteiger charge is 2.11. The van der Waals surface area contributed by atoms with Crippen LogP contribution >= 0.6 is 0 Å². The normalized spacial score (nSPS) is 11.4. The predicted octanol–water partition coefficient (Wildman–Crippen LogP) is 6.57. The van der Waals surface area contributed by atoms with Crippen molar-refractivity contribution in [2.45, 2.75) is 59.8 Å². The lowest BCUT2D eigenvalue weighted by atomic mass is 9.93. The summed E-state index contributed by atoms with van der Waals surface area (Å²) in [6.07, 6.45) is 6.57. The van der Waals surface area contributed by atoms with Crippen molar-refractivity contribution in [2.75, 3.05) is 5.73 Å². The van der Waals surface area contributed by atoms with E-state index in [0.29, 0.717) is 0 Å². The van der Waals surface area contributed by atoms with Gasteiger partial charge in [0.25, 0.3) is 0 Å². The molecule has 0 saturated carbocycles. The monoisotopic (exact) mass is 414 g/mol. The number of aromatic hydroxyl groups is 1. The van der Waals surface area contributed by atoms with Crippen LogP contribution in [0.2, 0.25) is 0 Å². The minimum absolute atomic E-state index is 0.269. The largest absolute Gasteiger partial charge is 0.508 e. The van der Waals surface area contributed by atoms with Crippen molar-refractivity contribution in [3.8, 4) is 5.75 Å². The Bertz CT molecular complexity index is 1010. The average molecular weight is 415 g/mol. The molecule has 0 bridgehead atoms. The highest BCUT2D eigenvalue weighted by atomic mass is 16.3. The minimum Gasteiger partial charge on any atom is -0.508 e. The molecule has 3 N–H and O–H groups in total. The number of aryl methyl sites for hydroxylation is 4. The summed E-state index contributed by atoms with van der Waals surface area (Å²) in [5.74, 6) is 0.269. The molecule has 3 rings (SSSR count). The summed E-state index contributed by atoms with van der Waals surface area (Å²) in [6, 6.07) is 16.3. The fraction of sp³-hybridized carbons (Fsp3) is 0.321. The third kappa shape index (κ3) is 5.35. The molecule has 0 heterocycles. The lowest BCUT2D eigenvalue weighted by Gasteiger charge is -2.15. The van der Waals surface area contributed by atoms with Gasteiger partial charge in [-0.2, -0.15) is 0 Å². The first-order chi connectivity index (χ1) is 15.0. The van der Waals surface area contributed by atoms with Crippen LogP contribution in [-0.4, -0.2) is 11.3 Å². The van der Waals surface area contributed by atoms with E-state index < -0.39 is 0 Å². The molecule has 0 aliphatic heterocycles. The van der Waals surface area contributed by atoms with Crippen LogP contribution in [0, 0.1) is 0 Å². The number of phenolic OH excluding ortho intramolecular Hbond substituents is 1. The number of benzene rings is 3. The van der Waals surface area contributed by atoms with Crippen molar-refractivity contribution in [2.24, 2.45) is 4.99 Å². The van der Waals surface area contributed by atoms with E-state index in [0.717, 1.165) is 49.0 Å². The van der Waals surface area contributed by atoms with Gasteiger partial charge in [0.15, 0.2) is 0 Å². The number of nitrogen functional groups attached to an aromatic ring is 1. The van der Waals surface area contributed by atoms with E-state index in [4.69, 9.17) is 10.7 Å². The summed E-state index contributed by atoms with van der Waals surface area (Å²) in [4.78, 5) is 4.84. The molecule has 3 aromatic rings. The Labute approximate surface area is 186 Å². The van der Waals surface area contributed by atoms with E-state index in [1.807, 2.05) is 18.3 Å². The van der Waals surface area contributed by atoms with Crippen molar-refractivity contribution < 1.29 is 5.11 Å². The number of aliphatic imine (C=N–C) groups is 1. The summed E-state index contributed by atoms with van der Waals surface area (Å²) in [6.45, 7) is 8.71.